The molecule has 0 saturated carbocycles. The highest BCUT2D eigenvalue weighted by Gasteiger charge is 2.19. The molecule has 0 aliphatic carbocycles. The molecule has 0 fully saturated rings. The zero-order valence-electron chi connectivity index (χ0n) is 11.3. The second kappa shape index (κ2) is 5.58. The minimum absolute atomic E-state index is 0.264. The van der Waals surface area contributed by atoms with Crippen LogP contribution in [-0.2, 0) is 10.0 Å². The average Bonchev–Trinajstić information content (AvgIpc) is 2.29. The van der Waals surface area contributed by atoms with E-state index in [0.717, 1.165) is 18.7 Å². The lowest BCUT2D eigenvalue weighted by Gasteiger charge is -2.21. The molecule has 18 heavy (non-hydrogen) atoms. The van der Waals surface area contributed by atoms with Crippen molar-refractivity contribution in [3.8, 4) is 0 Å². The van der Waals surface area contributed by atoms with Gasteiger partial charge in [0.15, 0.2) is 0 Å². The van der Waals surface area contributed by atoms with E-state index in [9.17, 15) is 8.42 Å². The Kier molecular flexibility index (Phi) is 4.59. The Morgan fingerprint density at radius 1 is 1.22 bits per heavy atom. The van der Waals surface area contributed by atoms with Crippen molar-refractivity contribution >= 4 is 21.4 Å². The second-order valence-electron chi connectivity index (χ2n) is 4.43. The first-order chi connectivity index (χ1) is 8.30. The number of nitrogen functional groups attached to an aromatic ring is 1. The van der Waals surface area contributed by atoms with Gasteiger partial charge in [0.1, 0.15) is 0 Å². The zero-order chi connectivity index (χ0) is 13.9. The first kappa shape index (κ1) is 14.8. The molecule has 102 valence electrons. The Hall–Kier alpha value is -1.27. The van der Waals surface area contributed by atoms with Crippen LogP contribution in [0.1, 0.15) is 13.3 Å². The maximum absolute atomic E-state index is 12.0. The van der Waals surface area contributed by atoms with Crippen molar-refractivity contribution in [1.29, 1.82) is 0 Å². The Balaban J connectivity index is 3.24. The molecule has 0 aromatic heterocycles. The zero-order valence-corrected chi connectivity index (χ0v) is 12.2. The summed E-state index contributed by atoms with van der Waals surface area (Å²) in [6.45, 7) is 2.89. The first-order valence-electron chi connectivity index (χ1n) is 5.84. The smallest absolute Gasteiger partial charge is 0.242 e. The maximum atomic E-state index is 12.0. The van der Waals surface area contributed by atoms with Crippen LogP contribution in [0.25, 0.3) is 0 Å². The number of anilines is 2. The topological polar surface area (TPSA) is 66.6 Å². The number of benzene rings is 1. The summed E-state index contributed by atoms with van der Waals surface area (Å²) in [5.74, 6) is 0. The van der Waals surface area contributed by atoms with E-state index in [1.165, 1.54) is 24.5 Å². The lowest BCUT2D eigenvalue weighted by Crippen LogP contribution is -2.24. The van der Waals surface area contributed by atoms with E-state index in [0.29, 0.717) is 5.69 Å². The van der Waals surface area contributed by atoms with E-state index < -0.39 is 10.0 Å². The van der Waals surface area contributed by atoms with Gasteiger partial charge in [-0.3, -0.25) is 0 Å². The van der Waals surface area contributed by atoms with Gasteiger partial charge in [0, 0.05) is 27.7 Å². The van der Waals surface area contributed by atoms with Crippen LogP contribution in [0.15, 0.2) is 23.1 Å². The number of hydrogen-bond acceptors (Lipinski definition) is 4. The summed E-state index contributed by atoms with van der Waals surface area (Å²) < 4.78 is 25.3. The van der Waals surface area contributed by atoms with E-state index in [-0.39, 0.29) is 4.90 Å². The summed E-state index contributed by atoms with van der Waals surface area (Å²) in [5.41, 5.74) is 7.23. The fourth-order valence-electron chi connectivity index (χ4n) is 1.68. The monoisotopic (exact) mass is 271 g/mol. The molecule has 1 aromatic rings. The van der Waals surface area contributed by atoms with Gasteiger partial charge in [-0.15, -0.1) is 0 Å². The molecule has 0 amide bonds. The van der Waals surface area contributed by atoms with Gasteiger partial charge in [0.2, 0.25) is 10.0 Å². The molecule has 0 unspecified atom stereocenters. The SMILES string of the molecule is CCCN(C)c1cc(S(=O)(=O)N(C)C)ccc1N. The molecule has 0 saturated heterocycles. The molecule has 0 aliphatic heterocycles. The van der Waals surface area contributed by atoms with Gasteiger partial charge in [0.25, 0.3) is 0 Å². The standard InChI is InChI=1S/C12H21N3O2S/c1-5-8-15(4)12-9-10(6-7-11(12)13)18(16,17)14(2)3/h6-7,9H,5,8,13H2,1-4H3. The molecule has 0 spiro atoms. The Morgan fingerprint density at radius 2 is 1.83 bits per heavy atom. The fraction of sp³-hybridized carbons (Fsp3) is 0.500. The highest BCUT2D eigenvalue weighted by molar-refractivity contribution is 7.89. The third kappa shape index (κ3) is 2.94. The molecule has 6 heteroatoms. The summed E-state index contributed by atoms with van der Waals surface area (Å²) in [4.78, 5) is 2.23. The largest absolute Gasteiger partial charge is 0.397 e. The highest BCUT2D eigenvalue weighted by atomic mass is 32.2. The average molecular weight is 271 g/mol. The molecule has 0 radical (unpaired) electrons. The number of nitrogens with zero attached hydrogens (tertiary/aromatic N) is 2. The van der Waals surface area contributed by atoms with Crippen LogP contribution >= 0.6 is 0 Å². The van der Waals surface area contributed by atoms with Crippen molar-refractivity contribution in [3.63, 3.8) is 0 Å². The summed E-state index contributed by atoms with van der Waals surface area (Å²) >= 11 is 0. The Labute approximate surface area is 109 Å². The van der Waals surface area contributed by atoms with E-state index >= 15 is 0 Å². The van der Waals surface area contributed by atoms with Gasteiger partial charge in [-0.05, 0) is 24.6 Å². The highest BCUT2D eigenvalue weighted by Crippen LogP contribution is 2.26. The number of nitrogens with two attached hydrogens (primary N) is 1. The molecule has 1 aromatic carbocycles. The van der Waals surface area contributed by atoms with Gasteiger partial charge >= 0.3 is 0 Å². The van der Waals surface area contributed by atoms with Crippen LogP contribution < -0.4 is 10.6 Å². The number of sulfonamides is 1. The van der Waals surface area contributed by atoms with Crippen molar-refractivity contribution in [1.82, 2.24) is 4.31 Å². The molecule has 0 aliphatic rings. The molecule has 0 heterocycles. The van der Waals surface area contributed by atoms with Crippen LogP contribution in [-0.4, -0.2) is 40.4 Å². The second-order valence-corrected chi connectivity index (χ2v) is 6.58. The van der Waals surface area contributed by atoms with Crippen molar-refractivity contribution in [3.05, 3.63) is 18.2 Å². The van der Waals surface area contributed by atoms with E-state index in [1.54, 1.807) is 12.1 Å². The molecular formula is C12H21N3O2S. The van der Waals surface area contributed by atoms with Gasteiger partial charge in [0.05, 0.1) is 16.3 Å². The van der Waals surface area contributed by atoms with Gasteiger partial charge in [-0.25, -0.2) is 12.7 Å². The lowest BCUT2D eigenvalue weighted by atomic mass is 10.2. The predicted molar refractivity (Wildman–Crippen MR) is 75.3 cm³/mol. The van der Waals surface area contributed by atoms with Gasteiger partial charge in [-0.2, -0.15) is 0 Å². The van der Waals surface area contributed by atoms with Gasteiger partial charge < -0.3 is 10.6 Å². The van der Waals surface area contributed by atoms with Crippen LogP contribution in [0.2, 0.25) is 0 Å². The molecule has 0 bridgehead atoms. The van der Waals surface area contributed by atoms with Crippen LogP contribution in [0.4, 0.5) is 11.4 Å². The summed E-state index contributed by atoms with van der Waals surface area (Å²) in [5, 5.41) is 0. The summed E-state index contributed by atoms with van der Waals surface area (Å²) in [7, 11) is 1.52. The summed E-state index contributed by atoms with van der Waals surface area (Å²) in [6.07, 6.45) is 0.973. The van der Waals surface area contributed by atoms with Crippen molar-refractivity contribution in [2.75, 3.05) is 38.3 Å². The van der Waals surface area contributed by atoms with Gasteiger partial charge in [-0.1, -0.05) is 6.92 Å². The van der Waals surface area contributed by atoms with Crippen molar-refractivity contribution in [2.24, 2.45) is 0 Å². The van der Waals surface area contributed by atoms with Crippen LogP contribution in [0, 0.1) is 0 Å². The number of rotatable bonds is 5. The molecule has 2 N–H and O–H groups in total. The maximum Gasteiger partial charge on any atom is 0.242 e. The molecule has 5 nitrogen and oxygen atoms in total. The van der Waals surface area contributed by atoms with Crippen LogP contribution in [0.3, 0.4) is 0 Å². The number of hydrogen-bond donors (Lipinski definition) is 1. The molecule has 0 atom stereocenters. The fourth-order valence-corrected chi connectivity index (χ4v) is 2.60. The molecular weight excluding hydrogens is 250 g/mol. The normalized spacial score (nSPS) is 11.8. The Morgan fingerprint density at radius 3 is 2.33 bits per heavy atom. The summed E-state index contributed by atoms with van der Waals surface area (Å²) in [6, 6.07) is 4.80. The third-order valence-electron chi connectivity index (χ3n) is 2.75. The van der Waals surface area contributed by atoms with E-state index in [1.807, 2.05) is 11.9 Å². The lowest BCUT2D eigenvalue weighted by molar-refractivity contribution is 0.521. The first-order valence-corrected chi connectivity index (χ1v) is 7.28. The third-order valence-corrected chi connectivity index (χ3v) is 4.56. The predicted octanol–water partition coefficient (Wildman–Crippen LogP) is 1.37. The van der Waals surface area contributed by atoms with E-state index in [2.05, 4.69) is 6.92 Å². The van der Waals surface area contributed by atoms with E-state index in [4.69, 9.17) is 5.73 Å². The van der Waals surface area contributed by atoms with Crippen molar-refractivity contribution < 1.29 is 8.42 Å². The Bertz CT molecular complexity index is 512. The minimum atomic E-state index is -3.41. The quantitative estimate of drug-likeness (QED) is 0.821. The van der Waals surface area contributed by atoms with Crippen LogP contribution in [0.5, 0.6) is 0 Å². The minimum Gasteiger partial charge on any atom is -0.397 e. The van der Waals surface area contributed by atoms with Crippen molar-refractivity contribution in [2.45, 2.75) is 18.2 Å². The molecule has 1 rings (SSSR count).